The van der Waals surface area contributed by atoms with Crippen LogP contribution in [0.25, 0.3) is 11.3 Å². The van der Waals surface area contributed by atoms with Crippen LogP contribution in [0.5, 0.6) is 0 Å². The highest BCUT2D eigenvalue weighted by Crippen LogP contribution is 2.37. The predicted octanol–water partition coefficient (Wildman–Crippen LogP) is 4.35. The Morgan fingerprint density at radius 2 is 1.86 bits per heavy atom. The maximum absolute atomic E-state index is 12.9. The van der Waals surface area contributed by atoms with Crippen LogP contribution < -0.4 is 5.73 Å². The maximum Gasteiger partial charge on any atom is 0.417 e. The first-order valence-corrected chi connectivity index (χ1v) is 6.43. The molecule has 9 heteroatoms. The van der Waals surface area contributed by atoms with Crippen molar-refractivity contribution in [3.05, 3.63) is 45.6 Å². The molecule has 0 atom stereocenters. The largest absolute Gasteiger partial charge is 0.476 e. The number of carboxylic acids is 1. The van der Waals surface area contributed by atoms with E-state index in [1.165, 1.54) is 12.1 Å². The van der Waals surface area contributed by atoms with E-state index in [0.717, 1.165) is 12.1 Å². The lowest BCUT2D eigenvalue weighted by molar-refractivity contribution is -0.137. The van der Waals surface area contributed by atoms with Gasteiger partial charge in [-0.25, -0.2) is 9.78 Å². The number of halogens is 5. The number of alkyl halides is 3. The summed E-state index contributed by atoms with van der Waals surface area (Å²) in [7, 11) is 0. The molecule has 0 unspecified atom stereocenters. The van der Waals surface area contributed by atoms with Gasteiger partial charge < -0.3 is 10.8 Å². The van der Waals surface area contributed by atoms with Gasteiger partial charge in [-0.2, -0.15) is 13.2 Å². The fraction of sp³-hybridized carbons (Fsp3) is 0.0769. The van der Waals surface area contributed by atoms with E-state index in [4.69, 9.17) is 34.0 Å². The first kappa shape index (κ1) is 16.4. The quantitative estimate of drug-likeness (QED) is 0.843. The maximum atomic E-state index is 12.9. The normalized spacial score (nSPS) is 11.5. The minimum absolute atomic E-state index is 0.0163. The van der Waals surface area contributed by atoms with Crippen LogP contribution in [0.1, 0.15) is 16.1 Å². The molecule has 0 fully saturated rings. The number of carbonyl (C=O) groups is 1. The molecule has 0 radical (unpaired) electrons. The van der Waals surface area contributed by atoms with Crippen molar-refractivity contribution in [3.8, 4) is 11.3 Å². The highest BCUT2D eigenvalue weighted by molar-refractivity contribution is 6.35. The third kappa shape index (κ3) is 3.10. The molecule has 22 heavy (non-hydrogen) atoms. The van der Waals surface area contributed by atoms with Crippen LogP contribution >= 0.6 is 23.2 Å². The summed E-state index contributed by atoms with van der Waals surface area (Å²) < 4.78 is 38.6. The molecule has 3 N–H and O–H groups in total. The molecule has 2 aromatic rings. The van der Waals surface area contributed by atoms with Crippen LogP contribution in [0.15, 0.2) is 24.3 Å². The smallest absolute Gasteiger partial charge is 0.417 e. The second kappa shape index (κ2) is 5.66. The zero-order valence-corrected chi connectivity index (χ0v) is 12.1. The van der Waals surface area contributed by atoms with Crippen molar-refractivity contribution in [3.63, 3.8) is 0 Å². The van der Waals surface area contributed by atoms with E-state index in [9.17, 15) is 18.0 Å². The molecular weight excluding hydrogens is 344 g/mol. The molecule has 116 valence electrons. The van der Waals surface area contributed by atoms with Gasteiger partial charge in [-0.05, 0) is 18.2 Å². The van der Waals surface area contributed by atoms with Gasteiger partial charge in [0, 0.05) is 5.56 Å². The van der Waals surface area contributed by atoms with Crippen molar-refractivity contribution in [2.75, 3.05) is 5.73 Å². The molecule has 1 aromatic carbocycles. The number of nitrogens with zero attached hydrogens (tertiary/aromatic N) is 1. The Balaban J connectivity index is 2.65. The van der Waals surface area contributed by atoms with Gasteiger partial charge in [0.05, 0.1) is 27.0 Å². The Bertz CT molecular complexity index is 764. The Morgan fingerprint density at radius 3 is 2.41 bits per heavy atom. The van der Waals surface area contributed by atoms with E-state index >= 15 is 0 Å². The van der Waals surface area contributed by atoms with Crippen LogP contribution in [0.2, 0.25) is 10.0 Å². The number of nitrogen functional groups attached to an aromatic ring is 1. The molecule has 0 aliphatic carbocycles. The number of carboxylic acid groups (broad SMARTS) is 1. The molecule has 1 aromatic heterocycles. The summed E-state index contributed by atoms with van der Waals surface area (Å²) in [5.74, 6) is -1.44. The Morgan fingerprint density at radius 1 is 1.23 bits per heavy atom. The van der Waals surface area contributed by atoms with Crippen LogP contribution in [0.3, 0.4) is 0 Å². The number of pyridine rings is 1. The highest BCUT2D eigenvalue weighted by atomic mass is 35.5. The second-order valence-electron chi connectivity index (χ2n) is 4.26. The van der Waals surface area contributed by atoms with Crippen LogP contribution in [0, 0.1) is 0 Å². The van der Waals surface area contributed by atoms with E-state index < -0.39 is 28.4 Å². The molecule has 0 saturated carbocycles. The Hall–Kier alpha value is -1.99. The van der Waals surface area contributed by atoms with E-state index in [1.807, 2.05) is 0 Å². The number of hydrogen-bond donors (Lipinski definition) is 2. The third-order valence-corrected chi connectivity index (χ3v) is 3.48. The fourth-order valence-electron chi connectivity index (χ4n) is 1.74. The zero-order valence-electron chi connectivity index (χ0n) is 10.6. The van der Waals surface area contributed by atoms with Gasteiger partial charge in [-0.1, -0.05) is 29.3 Å². The molecule has 4 nitrogen and oxygen atoms in total. The highest BCUT2D eigenvalue weighted by Gasteiger charge is 2.33. The third-order valence-electron chi connectivity index (χ3n) is 2.76. The average Bonchev–Trinajstić information content (AvgIpc) is 2.40. The van der Waals surface area contributed by atoms with Gasteiger partial charge in [0.25, 0.3) is 0 Å². The second-order valence-corrected chi connectivity index (χ2v) is 5.04. The van der Waals surface area contributed by atoms with Gasteiger partial charge in [0.1, 0.15) is 0 Å². The van der Waals surface area contributed by atoms with Crippen molar-refractivity contribution >= 4 is 34.9 Å². The van der Waals surface area contributed by atoms with E-state index in [-0.39, 0.29) is 22.0 Å². The average molecular weight is 351 g/mol. The first-order chi connectivity index (χ1) is 10.1. The van der Waals surface area contributed by atoms with Gasteiger partial charge in [0.2, 0.25) is 0 Å². The molecular formula is C13H7Cl2F3N2O2. The van der Waals surface area contributed by atoms with Crippen LogP contribution in [-0.2, 0) is 6.18 Å². The molecule has 0 saturated heterocycles. The minimum atomic E-state index is -4.65. The molecule has 0 spiro atoms. The molecule has 2 rings (SSSR count). The van der Waals surface area contributed by atoms with Gasteiger partial charge in [-0.3, -0.25) is 0 Å². The van der Waals surface area contributed by atoms with E-state index in [0.29, 0.717) is 0 Å². The number of benzene rings is 1. The molecule has 0 aliphatic rings. The molecule has 1 heterocycles. The zero-order chi connectivity index (χ0) is 16.7. The number of nitrogens with two attached hydrogens (primary N) is 1. The molecule has 0 bridgehead atoms. The van der Waals surface area contributed by atoms with E-state index in [2.05, 4.69) is 4.98 Å². The topological polar surface area (TPSA) is 76.2 Å². The number of aromatic nitrogens is 1. The lowest BCUT2D eigenvalue weighted by Crippen LogP contribution is -2.07. The molecule has 0 aliphatic heterocycles. The van der Waals surface area contributed by atoms with Crippen LogP contribution in [-0.4, -0.2) is 16.1 Å². The summed E-state index contributed by atoms with van der Waals surface area (Å²) in [6.07, 6.45) is -4.65. The number of anilines is 1. The summed E-state index contributed by atoms with van der Waals surface area (Å²) >= 11 is 11.2. The summed E-state index contributed by atoms with van der Waals surface area (Å²) in [4.78, 5) is 14.8. The first-order valence-electron chi connectivity index (χ1n) is 5.67. The standard InChI is InChI=1S/C13H7Cl2F3N2O2/c14-7-2-1-5(3-6(7)13(16,17)18)9-4-8(19)10(15)11(20-9)12(21)22/h1-4H,(H2,19,20)(H,21,22). The van der Waals surface area contributed by atoms with Crippen molar-refractivity contribution in [1.29, 1.82) is 0 Å². The van der Waals surface area contributed by atoms with Crippen LogP contribution in [0.4, 0.5) is 18.9 Å². The predicted molar refractivity (Wildman–Crippen MR) is 76.1 cm³/mol. The lowest BCUT2D eigenvalue weighted by Gasteiger charge is -2.12. The fourth-order valence-corrected chi connectivity index (χ4v) is 2.14. The summed E-state index contributed by atoms with van der Waals surface area (Å²) in [5, 5.41) is 8.23. The van der Waals surface area contributed by atoms with Gasteiger partial charge in [0.15, 0.2) is 5.69 Å². The number of aromatic carboxylic acids is 1. The van der Waals surface area contributed by atoms with Crippen molar-refractivity contribution in [1.82, 2.24) is 4.98 Å². The summed E-state index contributed by atoms with van der Waals surface area (Å²) in [6.45, 7) is 0. The van der Waals surface area contributed by atoms with Crippen molar-refractivity contribution in [2.45, 2.75) is 6.18 Å². The summed E-state index contributed by atoms with van der Waals surface area (Å²) in [5.41, 5.74) is 3.83. The molecule has 0 amide bonds. The van der Waals surface area contributed by atoms with Crippen molar-refractivity contribution < 1.29 is 23.1 Å². The number of hydrogen-bond acceptors (Lipinski definition) is 3. The van der Waals surface area contributed by atoms with Gasteiger partial charge in [-0.15, -0.1) is 0 Å². The SMILES string of the molecule is Nc1cc(-c2ccc(Cl)c(C(F)(F)F)c2)nc(C(=O)O)c1Cl. The van der Waals surface area contributed by atoms with Crippen molar-refractivity contribution in [2.24, 2.45) is 0 Å². The summed E-state index contributed by atoms with van der Waals surface area (Å²) in [6, 6.07) is 4.29. The lowest BCUT2D eigenvalue weighted by atomic mass is 10.1. The monoisotopic (exact) mass is 350 g/mol. The van der Waals surface area contributed by atoms with Gasteiger partial charge >= 0.3 is 12.1 Å². The minimum Gasteiger partial charge on any atom is -0.476 e. The van der Waals surface area contributed by atoms with E-state index in [1.54, 1.807) is 0 Å². The Labute approximate surface area is 132 Å². The number of rotatable bonds is 2. The Kier molecular flexibility index (Phi) is 4.21.